The Morgan fingerprint density at radius 1 is 1.26 bits per heavy atom. The van der Waals surface area contributed by atoms with E-state index in [0.29, 0.717) is 11.3 Å². The molecule has 0 amide bonds. The molecule has 2 aliphatic rings. The number of hydrogen-bond donors (Lipinski definition) is 1. The van der Waals surface area contributed by atoms with Crippen LogP contribution in [0, 0.1) is 0 Å². The number of pyridine rings is 1. The lowest BCUT2D eigenvalue weighted by Crippen LogP contribution is -2.47. The molecule has 1 aliphatic carbocycles. The molecule has 0 aromatic carbocycles. The lowest BCUT2D eigenvalue weighted by Gasteiger charge is -2.44. The minimum atomic E-state index is -1.67. The summed E-state index contributed by atoms with van der Waals surface area (Å²) >= 11 is 6.03. The van der Waals surface area contributed by atoms with Crippen molar-refractivity contribution >= 4 is 19.9 Å². The summed E-state index contributed by atoms with van der Waals surface area (Å²) in [7, 11) is -1.67. The van der Waals surface area contributed by atoms with Crippen molar-refractivity contribution in [2.75, 3.05) is 0 Å². The topological polar surface area (TPSA) is 34.1 Å². The highest BCUT2D eigenvalue weighted by Gasteiger charge is 2.45. The number of hydrogen-bond acceptors (Lipinski definition) is 3. The molecular formula is C18H29ClN2OSi. The number of rotatable bonds is 2. The van der Waals surface area contributed by atoms with Crippen LogP contribution in [0.2, 0.25) is 23.3 Å². The Kier molecular flexibility index (Phi) is 4.41. The molecule has 0 atom stereocenters. The molecule has 1 aromatic heterocycles. The lowest BCUT2D eigenvalue weighted by molar-refractivity contribution is 0.0939. The SMILES string of the molecule is CC(C)(C)[Si](C)(C)OC1CCC2(CC1)NCc1nc(Cl)ccc12. The zero-order valence-electron chi connectivity index (χ0n) is 15.0. The van der Waals surface area contributed by atoms with Gasteiger partial charge in [-0.15, -0.1) is 0 Å². The van der Waals surface area contributed by atoms with Crippen LogP contribution in [0.15, 0.2) is 12.1 Å². The molecule has 0 radical (unpaired) electrons. The van der Waals surface area contributed by atoms with Crippen LogP contribution < -0.4 is 5.32 Å². The van der Waals surface area contributed by atoms with Crippen LogP contribution in [0.4, 0.5) is 0 Å². The fourth-order valence-electron chi connectivity index (χ4n) is 3.63. The largest absolute Gasteiger partial charge is 0.414 e. The van der Waals surface area contributed by atoms with Crippen molar-refractivity contribution in [3.63, 3.8) is 0 Å². The third-order valence-corrected chi connectivity index (χ3v) is 10.8. The Balaban J connectivity index is 1.69. The fourth-order valence-corrected chi connectivity index (χ4v) is 5.22. The Labute approximate surface area is 146 Å². The molecule has 3 rings (SSSR count). The first-order valence-corrected chi connectivity index (χ1v) is 12.0. The molecule has 5 heteroatoms. The van der Waals surface area contributed by atoms with Gasteiger partial charge in [0, 0.05) is 18.2 Å². The van der Waals surface area contributed by atoms with Crippen LogP contribution in [-0.4, -0.2) is 19.4 Å². The molecule has 1 aliphatic heterocycles. The van der Waals surface area contributed by atoms with E-state index >= 15 is 0 Å². The molecule has 23 heavy (non-hydrogen) atoms. The first-order valence-electron chi connectivity index (χ1n) is 8.72. The Bertz CT molecular complexity index is 589. The third kappa shape index (κ3) is 3.23. The zero-order chi connectivity index (χ0) is 16.9. The molecule has 3 nitrogen and oxygen atoms in total. The summed E-state index contributed by atoms with van der Waals surface area (Å²) in [6, 6.07) is 4.09. The van der Waals surface area contributed by atoms with Crippen molar-refractivity contribution in [3.05, 3.63) is 28.5 Å². The van der Waals surface area contributed by atoms with Gasteiger partial charge in [-0.2, -0.15) is 0 Å². The van der Waals surface area contributed by atoms with E-state index in [0.717, 1.165) is 37.9 Å². The number of nitrogens with zero attached hydrogens (tertiary/aromatic N) is 1. The molecule has 0 unspecified atom stereocenters. The molecule has 2 heterocycles. The summed E-state index contributed by atoms with van der Waals surface area (Å²) < 4.78 is 6.63. The second-order valence-corrected chi connectivity index (χ2v) is 13.8. The average Bonchev–Trinajstić information content (AvgIpc) is 2.78. The minimum Gasteiger partial charge on any atom is -0.414 e. The maximum absolute atomic E-state index is 6.63. The Morgan fingerprint density at radius 2 is 1.91 bits per heavy atom. The highest BCUT2D eigenvalue weighted by atomic mass is 35.5. The predicted molar refractivity (Wildman–Crippen MR) is 98.3 cm³/mol. The van der Waals surface area contributed by atoms with Crippen LogP contribution in [-0.2, 0) is 16.5 Å². The maximum atomic E-state index is 6.63. The van der Waals surface area contributed by atoms with E-state index in [4.69, 9.17) is 16.0 Å². The fraction of sp³-hybridized carbons (Fsp3) is 0.722. The molecule has 1 fully saturated rings. The van der Waals surface area contributed by atoms with Crippen molar-refractivity contribution in [3.8, 4) is 0 Å². The number of halogens is 1. The standard InChI is InChI=1S/C18H29ClN2OSi/c1-17(2,3)23(4,5)22-13-8-10-18(11-9-13)14-6-7-16(19)21-15(14)12-20-18/h6-7,13,20H,8-12H2,1-5H3. The lowest BCUT2D eigenvalue weighted by atomic mass is 9.77. The van der Waals surface area contributed by atoms with Gasteiger partial charge in [-0.1, -0.05) is 38.4 Å². The molecule has 0 saturated heterocycles. The van der Waals surface area contributed by atoms with Gasteiger partial charge in [0.15, 0.2) is 8.32 Å². The van der Waals surface area contributed by atoms with Gasteiger partial charge in [-0.25, -0.2) is 4.98 Å². The number of nitrogens with one attached hydrogen (secondary N) is 1. The summed E-state index contributed by atoms with van der Waals surface area (Å²) in [5.41, 5.74) is 2.58. The van der Waals surface area contributed by atoms with E-state index in [1.807, 2.05) is 6.07 Å². The smallest absolute Gasteiger partial charge is 0.192 e. The second-order valence-electron chi connectivity index (χ2n) is 8.64. The minimum absolute atomic E-state index is 0.0974. The zero-order valence-corrected chi connectivity index (χ0v) is 16.8. The maximum Gasteiger partial charge on any atom is 0.192 e. The van der Waals surface area contributed by atoms with Gasteiger partial charge in [0.2, 0.25) is 0 Å². The molecule has 1 aromatic rings. The van der Waals surface area contributed by atoms with Crippen molar-refractivity contribution in [2.45, 2.75) is 82.8 Å². The van der Waals surface area contributed by atoms with Gasteiger partial charge >= 0.3 is 0 Å². The molecule has 1 N–H and O–H groups in total. The van der Waals surface area contributed by atoms with E-state index in [-0.39, 0.29) is 10.6 Å². The van der Waals surface area contributed by atoms with E-state index in [2.05, 4.69) is 50.2 Å². The third-order valence-electron chi connectivity index (χ3n) is 6.10. The van der Waals surface area contributed by atoms with Crippen LogP contribution >= 0.6 is 11.6 Å². The molecule has 1 spiro atoms. The van der Waals surface area contributed by atoms with Crippen molar-refractivity contribution in [1.82, 2.24) is 10.3 Å². The molecular weight excluding hydrogens is 324 g/mol. The quantitative estimate of drug-likeness (QED) is 0.600. The predicted octanol–water partition coefficient (Wildman–Crippen LogP) is 5.00. The second kappa shape index (κ2) is 5.83. The van der Waals surface area contributed by atoms with E-state index < -0.39 is 8.32 Å². The summed E-state index contributed by atoms with van der Waals surface area (Å²) in [4.78, 5) is 4.49. The van der Waals surface area contributed by atoms with Gasteiger partial charge in [-0.3, -0.25) is 0 Å². The van der Waals surface area contributed by atoms with Crippen molar-refractivity contribution in [2.24, 2.45) is 0 Å². The van der Waals surface area contributed by atoms with Crippen LogP contribution in [0.1, 0.15) is 57.7 Å². The number of fused-ring (bicyclic) bond motifs is 2. The molecule has 128 valence electrons. The van der Waals surface area contributed by atoms with Gasteiger partial charge < -0.3 is 9.74 Å². The first kappa shape index (κ1) is 17.4. The van der Waals surface area contributed by atoms with Crippen LogP contribution in [0.25, 0.3) is 0 Å². The van der Waals surface area contributed by atoms with E-state index in [1.54, 1.807) is 0 Å². The van der Waals surface area contributed by atoms with Crippen molar-refractivity contribution in [1.29, 1.82) is 0 Å². The normalized spacial score (nSPS) is 28.2. The first-order chi connectivity index (χ1) is 10.6. The van der Waals surface area contributed by atoms with Crippen LogP contribution in [0.5, 0.6) is 0 Å². The highest BCUT2D eigenvalue weighted by molar-refractivity contribution is 6.74. The van der Waals surface area contributed by atoms with E-state index in [1.165, 1.54) is 5.56 Å². The monoisotopic (exact) mass is 352 g/mol. The van der Waals surface area contributed by atoms with Gasteiger partial charge in [-0.05, 0) is 55.4 Å². The number of aromatic nitrogens is 1. The van der Waals surface area contributed by atoms with Gasteiger partial charge in [0.25, 0.3) is 0 Å². The summed E-state index contributed by atoms with van der Waals surface area (Å²) in [5.74, 6) is 0. The highest BCUT2D eigenvalue weighted by Crippen LogP contribution is 2.45. The van der Waals surface area contributed by atoms with Gasteiger partial charge in [0.05, 0.1) is 5.69 Å². The molecule has 1 saturated carbocycles. The molecule has 0 bridgehead atoms. The van der Waals surface area contributed by atoms with Gasteiger partial charge in [0.1, 0.15) is 5.15 Å². The summed E-state index contributed by atoms with van der Waals surface area (Å²) in [5, 5.41) is 4.59. The Hall–Kier alpha value is -0.423. The summed E-state index contributed by atoms with van der Waals surface area (Å²) in [6.45, 7) is 12.5. The average molecular weight is 353 g/mol. The van der Waals surface area contributed by atoms with E-state index in [9.17, 15) is 0 Å². The Morgan fingerprint density at radius 3 is 2.52 bits per heavy atom. The van der Waals surface area contributed by atoms with Crippen LogP contribution in [0.3, 0.4) is 0 Å². The summed E-state index contributed by atoms with van der Waals surface area (Å²) in [6.07, 6.45) is 4.92. The van der Waals surface area contributed by atoms with Crippen molar-refractivity contribution < 1.29 is 4.43 Å².